The Morgan fingerprint density at radius 2 is 1.56 bits per heavy atom. The van der Waals surface area contributed by atoms with E-state index in [1.165, 1.54) is 5.56 Å². The van der Waals surface area contributed by atoms with Gasteiger partial charge in [0.25, 0.3) is 0 Å². The van der Waals surface area contributed by atoms with Crippen LogP contribution < -0.4 is 5.30 Å². The maximum absolute atomic E-state index is 14.0. The predicted molar refractivity (Wildman–Crippen MR) is 108 cm³/mol. The lowest BCUT2D eigenvalue weighted by molar-refractivity contribution is 0.107. The molecule has 0 fully saturated rings. The third kappa shape index (κ3) is 3.96. The minimum Gasteiger partial charge on any atom is -0.310 e. The number of rotatable bonds is 6. The molecule has 0 aliphatic rings. The van der Waals surface area contributed by atoms with Crippen LogP contribution in [-0.2, 0) is 4.57 Å². The molecule has 2 nitrogen and oxygen atoms in total. The number of carbonyl (C=O) groups excluding carboxylic acids is 1. The van der Waals surface area contributed by atoms with Gasteiger partial charge in [0, 0.05) is 17.0 Å². The zero-order chi connectivity index (χ0) is 18.8. The van der Waals surface area contributed by atoms with Crippen molar-refractivity contribution in [2.45, 2.75) is 48.0 Å². The second kappa shape index (κ2) is 7.70. The van der Waals surface area contributed by atoms with Crippen molar-refractivity contribution in [2.75, 3.05) is 6.16 Å². The fourth-order valence-corrected chi connectivity index (χ4v) is 6.19. The van der Waals surface area contributed by atoms with Crippen LogP contribution in [0.1, 0.15) is 52.9 Å². The van der Waals surface area contributed by atoms with E-state index >= 15 is 0 Å². The molecule has 3 heteroatoms. The first-order valence-electron chi connectivity index (χ1n) is 8.95. The third-order valence-corrected chi connectivity index (χ3v) is 7.99. The fraction of sp³-hybridized carbons (Fsp3) is 0.409. The molecule has 0 aliphatic carbocycles. The van der Waals surface area contributed by atoms with Crippen molar-refractivity contribution in [3.05, 3.63) is 64.2 Å². The molecule has 0 aliphatic heterocycles. The molecule has 134 valence electrons. The van der Waals surface area contributed by atoms with Crippen molar-refractivity contribution in [3.63, 3.8) is 0 Å². The van der Waals surface area contributed by atoms with Crippen LogP contribution in [0.5, 0.6) is 0 Å². The van der Waals surface area contributed by atoms with Gasteiger partial charge in [0.15, 0.2) is 7.14 Å². The molecule has 1 unspecified atom stereocenters. The van der Waals surface area contributed by atoms with Gasteiger partial charge in [-0.2, -0.15) is 0 Å². The summed E-state index contributed by atoms with van der Waals surface area (Å²) in [5.74, 6) is 0.409. The van der Waals surface area contributed by atoms with Crippen LogP contribution in [0, 0.1) is 33.6 Å². The SMILES string of the molecule is Cc1cc(C)c(C(=O)P(=O)(CCC(C)C)c2ccccc2)c(C)c1C. The Morgan fingerprint density at radius 1 is 0.960 bits per heavy atom. The molecule has 25 heavy (non-hydrogen) atoms. The average molecular weight is 356 g/mol. The van der Waals surface area contributed by atoms with Crippen molar-refractivity contribution < 1.29 is 9.36 Å². The minimum absolute atomic E-state index is 0.183. The topological polar surface area (TPSA) is 34.1 Å². The fourth-order valence-electron chi connectivity index (χ4n) is 3.25. The summed E-state index contributed by atoms with van der Waals surface area (Å²) in [5, 5.41) is 0.678. The van der Waals surface area contributed by atoms with Gasteiger partial charge in [-0.15, -0.1) is 0 Å². The van der Waals surface area contributed by atoms with Crippen molar-refractivity contribution >= 4 is 18.0 Å². The quantitative estimate of drug-likeness (QED) is 0.613. The summed E-state index contributed by atoms with van der Waals surface area (Å²) < 4.78 is 14.0. The second-order valence-electron chi connectivity index (χ2n) is 7.42. The van der Waals surface area contributed by atoms with Crippen LogP contribution in [-0.4, -0.2) is 11.7 Å². The van der Waals surface area contributed by atoms with Crippen LogP contribution >= 0.6 is 7.14 Å². The van der Waals surface area contributed by atoms with Gasteiger partial charge in [-0.05, 0) is 62.3 Å². The van der Waals surface area contributed by atoms with Gasteiger partial charge in [0.2, 0.25) is 5.52 Å². The Labute approximate surface area is 152 Å². The third-order valence-electron chi connectivity index (χ3n) is 5.09. The van der Waals surface area contributed by atoms with Gasteiger partial charge < -0.3 is 4.57 Å². The van der Waals surface area contributed by atoms with Crippen molar-refractivity contribution in [1.29, 1.82) is 0 Å². The molecule has 0 amide bonds. The molecule has 0 saturated carbocycles. The van der Waals surface area contributed by atoms with Crippen molar-refractivity contribution in [1.82, 2.24) is 0 Å². The Balaban J connectivity index is 2.62. The van der Waals surface area contributed by atoms with E-state index in [0.29, 0.717) is 22.9 Å². The maximum atomic E-state index is 14.0. The highest BCUT2D eigenvalue weighted by Crippen LogP contribution is 2.50. The van der Waals surface area contributed by atoms with E-state index in [4.69, 9.17) is 0 Å². The molecule has 0 spiro atoms. The molecule has 0 radical (unpaired) electrons. The molecule has 0 saturated heterocycles. The summed E-state index contributed by atoms with van der Waals surface area (Å²) >= 11 is 0. The van der Waals surface area contributed by atoms with E-state index < -0.39 is 7.14 Å². The maximum Gasteiger partial charge on any atom is 0.226 e. The van der Waals surface area contributed by atoms with E-state index in [1.807, 2.05) is 57.2 Å². The number of benzene rings is 2. The van der Waals surface area contributed by atoms with Crippen LogP contribution in [0.15, 0.2) is 36.4 Å². The Morgan fingerprint density at radius 3 is 2.12 bits per heavy atom. The lowest BCUT2D eigenvalue weighted by atomic mass is 9.95. The van der Waals surface area contributed by atoms with Crippen LogP contribution in [0.3, 0.4) is 0 Å². The van der Waals surface area contributed by atoms with E-state index in [9.17, 15) is 9.36 Å². The number of hydrogen-bond donors (Lipinski definition) is 0. The normalized spacial score (nSPS) is 13.7. The van der Waals surface area contributed by atoms with Gasteiger partial charge in [-0.25, -0.2) is 0 Å². The first-order chi connectivity index (χ1) is 11.7. The van der Waals surface area contributed by atoms with Crippen molar-refractivity contribution in [3.8, 4) is 0 Å². The molecular formula is C22H29O2P. The largest absolute Gasteiger partial charge is 0.310 e. The Kier molecular flexibility index (Phi) is 6.06. The zero-order valence-electron chi connectivity index (χ0n) is 16.2. The van der Waals surface area contributed by atoms with Gasteiger partial charge in [-0.3, -0.25) is 4.79 Å². The molecular weight excluding hydrogens is 327 g/mol. The first-order valence-corrected chi connectivity index (χ1v) is 10.8. The first kappa shape index (κ1) is 19.7. The highest BCUT2D eigenvalue weighted by Gasteiger charge is 2.36. The minimum atomic E-state index is -3.17. The van der Waals surface area contributed by atoms with E-state index in [1.54, 1.807) is 0 Å². The average Bonchev–Trinajstić information content (AvgIpc) is 2.58. The zero-order valence-corrected chi connectivity index (χ0v) is 17.1. The number of hydrogen-bond acceptors (Lipinski definition) is 2. The Bertz CT molecular complexity index is 820. The summed E-state index contributed by atoms with van der Waals surface area (Å²) in [6.07, 6.45) is 1.21. The molecule has 0 heterocycles. The molecule has 2 aromatic carbocycles. The monoisotopic (exact) mass is 356 g/mol. The smallest absolute Gasteiger partial charge is 0.226 e. The van der Waals surface area contributed by atoms with Gasteiger partial charge in [-0.1, -0.05) is 50.2 Å². The summed E-state index contributed by atoms with van der Waals surface area (Å²) in [7, 11) is -3.17. The van der Waals surface area contributed by atoms with E-state index in [2.05, 4.69) is 20.8 Å². The summed E-state index contributed by atoms with van der Waals surface area (Å²) in [6, 6.07) is 11.3. The lowest BCUT2D eigenvalue weighted by Gasteiger charge is -2.22. The lowest BCUT2D eigenvalue weighted by Crippen LogP contribution is -2.19. The van der Waals surface area contributed by atoms with Crippen LogP contribution in [0.2, 0.25) is 0 Å². The standard InChI is InChI=1S/C22H29O2P/c1-15(2)12-13-25(24,20-10-8-7-9-11-20)22(23)21-17(4)14-16(3)18(5)19(21)6/h7-11,14-15H,12-13H2,1-6H3. The number of aryl methyl sites for hydroxylation is 2. The van der Waals surface area contributed by atoms with Gasteiger partial charge in [0.1, 0.15) is 0 Å². The molecule has 0 bridgehead atoms. The van der Waals surface area contributed by atoms with Gasteiger partial charge >= 0.3 is 0 Å². The second-order valence-corrected chi connectivity index (χ2v) is 10.3. The molecule has 1 atom stereocenters. The highest BCUT2D eigenvalue weighted by atomic mass is 31.2. The highest BCUT2D eigenvalue weighted by molar-refractivity contribution is 7.87. The Hall–Kier alpha value is -1.66. The molecule has 2 aromatic rings. The number of carbonyl (C=O) groups is 1. The summed E-state index contributed by atoms with van der Waals surface area (Å²) in [6.45, 7) is 12.2. The molecule has 0 N–H and O–H groups in total. The summed E-state index contributed by atoms with van der Waals surface area (Å²) in [5.41, 5.74) is 4.63. The van der Waals surface area contributed by atoms with E-state index in [0.717, 1.165) is 23.1 Å². The van der Waals surface area contributed by atoms with Gasteiger partial charge in [0.05, 0.1) is 0 Å². The van der Waals surface area contributed by atoms with Crippen LogP contribution in [0.4, 0.5) is 0 Å². The van der Waals surface area contributed by atoms with Crippen molar-refractivity contribution in [2.24, 2.45) is 5.92 Å². The molecule has 2 rings (SSSR count). The van der Waals surface area contributed by atoms with Crippen LogP contribution in [0.25, 0.3) is 0 Å². The summed E-state index contributed by atoms with van der Waals surface area (Å²) in [4.78, 5) is 13.5. The molecule has 0 aromatic heterocycles. The predicted octanol–water partition coefficient (Wildman–Crippen LogP) is 5.80. The van der Waals surface area contributed by atoms with E-state index in [-0.39, 0.29) is 5.52 Å².